The van der Waals surface area contributed by atoms with Crippen LogP contribution in [0.2, 0.25) is 0 Å². The van der Waals surface area contributed by atoms with Crippen LogP contribution in [0.25, 0.3) is 11.3 Å². The molecule has 35 heavy (non-hydrogen) atoms. The first-order valence-corrected chi connectivity index (χ1v) is 12.8. The van der Waals surface area contributed by atoms with Crippen molar-refractivity contribution < 1.29 is 22.8 Å². The normalized spacial score (nSPS) is 18.3. The van der Waals surface area contributed by atoms with Crippen molar-refractivity contribution in [1.82, 2.24) is 15.3 Å². The largest absolute Gasteiger partial charge is 0.634 e. The van der Waals surface area contributed by atoms with Gasteiger partial charge in [0.2, 0.25) is 5.16 Å². The third-order valence-corrected chi connectivity index (χ3v) is 6.65. The maximum atomic E-state index is 14.8. The summed E-state index contributed by atoms with van der Waals surface area (Å²) in [4.78, 5) is 21.6. The van der Waals surface area contributed by atoms with Gasteiger partial charge in [-0.15, -0.1) is 0 Å². The van der Waals surface area contributed by atoms with Gasteiger partial charge in [0.05, 0.1) is 28.6 Å². The number of aryl methyl sites for hydroxylation is 1. The van der Waals surface area contributed by atoms with Crippen molar-refractivity contribution >= 4 is 16.7 Å². The van der Waals surface area contributed by atoms with E-state index in [9.17, 15) is 23.0 Å². The Morgan fingerprint density at radius 1 is 1.20 bits per heavy atom. The van der Waals surface area contributed by atoms with Gasteiger partial charge < -0.3 is 15.6 Å². The molecule has 1 aromatic heterocycles. The van der Waals surface area contributed by atoms with E-state index in [1.807, 2.05) is 20.8 Å². The van der Waals surface area contributed by atoms with E-state index in [1.54, 1.807) is 18.2 Å². The van der Waals surface area contributed by atoms with Crippen LogP contribution in [0.4, 0.5) is 8.78 Å². The SMILES string of the molecule is Cc1ccc(C(=O)NC(C)C)cc1-c1nc(S(C)=O)nc2c1CC[NH+]([O-])C2c1c(F)cccc1F. The first-order valence-electron chi connectivity index (χ1n) is 11.2. The minimum absolute atomic E-state index is 0.0446. The monoisotopic (exact) mass is 500 g/mol. The van der Waals surface area contributed by atoms with Crippen LogP contribution in [0.15, 0.2) is 41.6 Å². The Balaban J connectivity index is 1.97. The van der Waals surface area contributed by atoms with Crippen LogP contribution in [0.1, 0.15) is 52.6 Å². The molecule has 1 aliphatic rings. The molecular weight excluding hydrogens is 474 g/mol. The van der Waals surface area contributed by atoms with Gasteiger partial charge in [-0.05, 0) is 50.6 Å². The van der Waals surface area contributed by atoms with Gasteiger partial charge in [-0.1, -0.05) is 12.1 Å². The lowest BCUT2D eigenvalue weighted by molar-refractivity contribution is -0.878. The second kappa shape index (κ2) is 9.88. The van der Waals surface area contributed by atoms with Gasteiger partial charge in [-0.3, -0.25) is 9.00 Å². The number of nitrogens with zero attached hydrogens (tertiary/aromatic N) is 2. The van der Waals surface area contributed by atoms with Gasteiger partial charge in [0.1, 0.15) is 17.3 Å². The van der Waals surface area contributed by atoms with Crippen LogP contribution in [-0.4, -0.2) is 38.9 Å². The topological polar surface area (TPSA) is 99.5 Å². The lowest BCUT2D eigenvalue weighted by atomic mass is 9.89. The molecule has 0 spiro atoms. The summed E-state index contributed by atoms with van der Waals surface area (Å²) in [5, 5.41) is 15.4. The molecule has 3 unspecified atom stereocenters. The van der Waals surface area contributed by atoms with Crippen molar-refractivity contribution in [2.24, 2.45) is 0 Å². The first kappa shape index (κ1) is 25.0. The number of quaternary nitrogens is 1. The van der Waals surface area contributed by atoms with Crippen molar-refractivity contribution in [2.45, 2.75) is 44.4 Å². The van der Waals surface area contributed by atoms with Crippen LogP contribution in [0, 0.1) is 23.8 Å². The molecule has 0 aliphatic carbocycles. The van der Waals surface area contributed by atoms with Crippen molar-refractivity contribution in [1.29, 1.82) is 0 Å². The molecule has 0 saturated carbocycles. The fourth-order valence-corrected chi connectivity index (χ4v) is 4.76. The van der Waals surface area contributed by atoms with E-state index < -0.39 is 28.5 Å². The van der Waals surface area contributed by atoms with E-state index >= 15 is 0 Å². The van der Waals surface area contributed by atoms with Crippen molar-refractivity contribution in [3.8, 4) is 11.3 Å². The molecule has 7 nitrogen and oxygen atoms in total. The molecule has 184 valence electrons. The number of hydroxylamine groups is 2. The summed E-state index contributed by atoms with van der Waals surface area (Å²) in [5.74, 6) is -1.96. The number of aromatic nitrogens is 2. The third-order valence-electron chi connectivity index (χ3n) is 5.96. The van der Waals surface area contributed by atoms with Gasteiger partial charge in [0.15, 0.2) is 6.04 Å². The Labute approximate surface area is 204 Å². The molecule has 0 radical (unpaired) electrons. The summed E-state index contributed by atoms with van der Waals surface area (Å²) >= 11 is 0. The van der Waals surface area contributed by atoms with Gasteiger partial charge in [-0.2, -0.15) is 0 Å². The Kier molecular flexibility index (Phi) is 7.07. The number of halogens is 2. The lowest BCUT2D eigenvalue weighted by Gasteiger charge is -2.37. The van der Waals surface area contributed by atoms with Gasteiger partial charge >= 0.3 is 0 Å². The summed E-state index contributed by atoms with van der Waals surface area (Å²) < 4.78 is 42.0. The summed E-state index contributed by atoms with van der Waals surface area (Å²) in [6.07, 6.45) is 1.66. The minimum Gasteiger partial charge on any atom is -0.634 e. The highest BCUT2D eigenvalue weighted by atomic mass is 32.2. The zero-order valence-electron chi connectivity index (χ0n) is 19.8. The van der Waals surface area contributed by atoms with Crippen LogP contribution < -0.4 is 10.4 Å². The molecule has 3 atom stereocenters. The predicted octanol–water partition coefficient (Wildman–Crippen LogP) is 2.63. The summed E-state index contributed by atoms with van der Waals surface area (Å²) in [6, 6.07) is 7.26. The molecule has 0 saturated heterocycles. The highest BCUT2D eigenvalue weighted by molar-refractivity contribution is 7.84. The van der Waals surface area contributed by atoms with E-state index in [2.05, 4.69) is 15.3 Å². The zero-order chi connectivity index (χ0) is 25.4. The van der Waals surface area contributed by atoms with Crippen LogP contribution in [-0.2, 0) is 17.2 Å². The Hall–Kier alpha value is -3.08. The molecule has 0 fully saturated rings. The molecule has 2 N–H and O–H groups in total. The molecule has 2 heterocycles. The van der Waals surface area contributed by atoms with Crippen molar-refractivity contribution in [3.05, 3.63) is 81.2 Å². The number of fused-ring (bicyclic) bond motifs is 1. The lowest BCUT2D eigenvalue weighted by Crippen LogP contribution is -3.09. The Morgan fingerprint density at radius 3 is 2.51 bits per heavy atom. The van der Waals surface area contributed by atoms with E-state index in [0.29, 0.717) is 22.4 Å². The first-order chi connectivity index (χ1) is 16.6. The minimum atomic E-state index is -1.63. The van der Waals surface area contributed by atoms with Gasteiger partial charge in [-0.25, -0.2) is 18.7 Å². The molecule has 1 amide bonds. The number of benzene rings is 2. The molecule has 0 bridgehead atoms. The number of amides is 1. The fraction of sp³-hybridized carbons (Fsp3) is 0.320. The Bertz CT molecular complexity index is 1310. The van der Waals surface area contributed by atoms with Crippen LogP contribution in [0.5, 0.6) is 0 Å². The number of nitrogens with one attached hydrogen (secondary N) is 2. The molecule has 1 aliphatic heterocycles. The maximum Gasteiger partial charge on any atom is 0.251 e. The highest BCUT2D eigenvalue weighted by Crippen LogP contribution is 2.35. The van der Waals surface area contributed by atoms with Crippen molar-refractivity contribution in [2.75, 3.05) is 12.8 Å². The van der Waals surface area contributed by atoms with Gasteiger partial charge in [0, 0.05) is 35.4 Å². The molecule has 4 rings (SSSR count). The summed E-state index contributed by atoms with van der Waals surface area (Å²) in [6.45, 7) is 5.60. The second-order valence-corrected chi connectivity index (χ2v) is 10.1. The fourth-order valence-electron chi connectivity index (χ4n) is 4.31. The average Bonchev–Trinajstić information content (AvgIpc) is 2.79. The molecule has 2 aromatic carbocycles. The van der Waals surface area contributed by atoms with Crippen molar-refractivity contribution in [3.63, 3.8) is 0 Å². The number of hydrogen-bond acceptors (Lipinski definition) is 5. The van der Waals surface area contributed by atoms with Crippen LogP contribution >= 0.6 is 0 Å². The van der Waals surface area contributed by atoms with Gasteiger partial charge in [0.25, 0.3) is 5.91 Å². The number of rotatable bonds is 5. The standard InChI is InChI=1S/C25H26F2N4O3S/c1-13(2)28-24(32)15-9-8-14(3)17(12-15)21-16-10-11-31(33)23(20-18(26)6-5-7-19(20)27)22(16)30-25(29-21)35(4)34/h5-9,12-13,23,31H,10-11H2,1-4H3,(H,28,32). The Morgan fingerprint density at radius 2 is 1.89 bits per heavy atom. The average molecular weight is 501 g/mol. The smallest absolute Gasteiger partial charge is 0.251 e. The zero-order valence-corrected chi connectivity index (χ0v) is 20.6. The van der Waals surface area contributed by atoms with E-state index in [1.165, 1.54) is 12.3 Å². The number of hydrogen-bond donors (Lipinski definition) is 2. The van der Waals surface area contributed by atoms with E-state index in [4.69, 9.17) is 0 Å². The summed E-state index contributed by atoms with van der Waals surface area (Å²) in [5.41, 5.74) is 2.55. The van der Waals surface area contributed by atoms with E-state index in [0.717, 1.165) is 17.7 Å². The third kappa shape index (κ3) is 4.86. The predicted molar refractivity (Wildman–Crippen MR) is 128 cm³/mol. The van der Waals surface area contributed by atoms with Crippen LogP contribution in [0.3, 0.4) is 0 Å². The number of carbonyl (C=O) groups excluding carboxylic acids is 1. The highest BCUT2D eigenvalue weighted by Gasteiger charge is 2.37. The quantitative estimate of drug-likeness (QED) is 0.415. The summed E-state index contributed by atoms with van der Waals surface area (Å²) in [7, 11) is -1.63. The second-order valence-electron chi connectivity index (χ2n) is 8.87. The maximum absolute atomic E-state index is 14.8. The number of carbonyl (C=O) groups is 1. The molecular formula is C25H26F2N4O3S. The molecule has 3 aromatic rings. The van der Waals surface area contributed by atoms with E-state index in [-0.39, 0.29) is 46.4 Å². The molecule has 10 heteroatoms.